The number of carbonyl (C=O) groups is 3. The molecule has 0 radical (unpaired) electrons. The normalized spacial score (nSPS) is 20.8. The molecule has 0 aromatic heterocycles. The molecule has 1 heterocycles. The van der Waals surface area contributed by atoms with Crippen molar-refractivity contribution in [2.75, 3.05) is 19.0 Å². The molecule has 0 spiro atoms. The van der Waals surface area contributed by atoms with Crippen molar-refractivity contribution in [2.24, 2.45) is 11.5 Å². The molecule has 1 rings (SSSR count). The fourth-order valence-corrected chi connectivity index (χ4v) is 1.62. The minimum Gasteiger partial charge on any atom is -0.480 e. The first kappa shape index (κ1) is 19.2. The van der Waals surface area contributed by atoms with Gasteiger partial charge >= 0.3 is 17.9 Å². The second-order valence-corrected chi connectivity index (χ2v) is 5.39. The standard InChI is InChI=1S/C6H9NO4.C3H7NO5S/c7-4-3-5(8)10-1-2-11-6(4)9;4-2(3(5)6)1-10(7,8)9/h4H,1-3,7H2;2H,1,4H2,(H,5,6)(H,7,8,9)/t4-;2-/m00/s1. The van der Waals surface area contributed by atoms with E-state index in [0.29, 0.717) is 0 Å². The van der Waals surface area contributed by atoms with Crippen molar-refractivity contribution in [1.82, 2.24) is 0 Å². The van der Waals surface area contributed by atoms with Crippen LogP contribution in [0, 0.1) is 0 Å². The average molecular weight is 328 g/mol. The molecule has 0 aromatic carbocycles. The summed E-state index contributed by atoms with van der Waals surface area (Å²) in [6, 6.07) is -2.43. The number of rotatable bonds is 3. The number of carboxylic acid groups (broad SMARTS) is 1. The summed E-state index contributed by atoms with van der Waals surface area (Å²) in [6.07, 6.45) is -0.0984. The molecular formula is C9H16N2O9S. The van der Waals surface area contributed by atoms with E-state index >= 15 is 0 Å². The van der Waals surface area contributed by atoms with Crippen LogP contribution in [0.2, 0.25) is 0 Å². The van der Waals surface area contributed by atoms with Crippen LogP contribution >= 0.6 is 0 Å². The van der Waals surface area contributed by atoms with Crippen LogP contribution < -0.4 is 11.5 Å². The average Bonchev–Trinajstić information content (AvgIpc) is 2.31. The Morgan fingerprint density at radius 3 is 2.29 bits per heavy atom. The predicted molar refractivity (Wildman–Crippen MR) is 66.5 cm³/mol. The van der Waals surface area contributed by atoms with E-state index in [4.69, 9.17) is 21.1 Å². The third-order valence-corrected chi connectivity index (χ3v) is 2.77. The van der Waals surface area contributed by atoms with E-state index in [2.05, 4.69) is 9.47 Å². The van der Waals surface area contributed by atoms with E-state index in [-0.39, 0.29) is 19.6 Å². The van der Waals surface area contributed by atoms with Crippen LogP contribution in [-0.2, 0) is 34.0 Å². The quantitative estimate of drug-likeness (QED) is 0.306. The predicted octanol–water partition coefficient (Wildman–Crippen LogP) is -2.91. The third-order valence-electron chi connectivity index (χ3n) is 1.99. The van der Waals surface area contributed by atoms with E-state index in [1.807, 2.05) is 0 Å². The zero-order valence-electron chi connectivity index (χ0n) is 10.8. The number of aliphatic carboxylic acids is 1. The van der Waals surface area contributed by atoms with Crippen molar-refractivity contribution in [1.29, 1.82) is 0 Å². The zero-order valence-corrected chi connectivity index (χ0v) is 11.6. The molecule has 12 heteroatoms. The number of carboxylic acids is 1. The second kappa shape index (κ2) is 8.51. The van der Waals surface area contributed by atoms with Gasteiger partial charge in [0.1, 0.15) is 31.1 Å². The summed E-state index contributed by atoms with van der Waals surface area (Å²) in [7, 11) is -4.27. The number of hydrogen-bond acceptors (Lipinski definition) is 9. The highest BCUT2D eigenvalue weighted by molar-refractivity contribution is 7.85. The molecule has 0 bridgehead atoms. The highest BCUT2D eigenvalue weighted by atomic mass is 32.2. The van der Waals surface area contributed by atoms with Gasteiger partial charge in [0.2, 0.25) is 0 Å². The minimum absolute atomic E-state index is 0.0955. The SMILES string of the molecule is N[C@@H](CS(=O)(=O)O)C(=O)O.N[C@H]1CC(=O)OCCOC1=O. The Balaban J connectivity index is 0.000000384. The Morgan fingerprint density at radius 2 is 1.86 bits per heavy atom. The van der Waals surface area contributed by atoms with Crippen molar-refractivity contribution in [3.63, 3.8) is 0 Å². The van der Waals surface area contributed by atoms with Crippen LogP contribution in [0.15, 0.2) is 0 Å². The Kier molecular flexibility index (Phi) is 7.80. The van der Waals surface area contributed by atoms with E-state index in [1.165, 1.54) is 0 Å². The van der Waals surface area contributed by atoms with Gasteiger partial charge in [0.25, 0.3) is 10.1 Å². The topological polar surface area (TPSA) is 196 Å². The van der Waals surface area contributed by atoms with Crippen LogP contribution in [0.4, 0.5) is 0 Å². The largest absolute Gasteiger partial charge is 0.480 e. The second-order valence-electron chi connectivity index (χ2n) is 3.89. The van der Waals surface area contributed by atoms with Gasteiger partial charge in [-0.2, -0.15) is 8.42 Å². The molecule has 0 saturated carbocycles. The lowest BCUT2D eigenvalue weighted by molar-refractivity contribution is -0.159. The summed E-state index contributed by atoms with van der Waals surface area (Å²) in [5, 5.41) is 8.04. The Bertz CT molecular complexity index is 489. The highest BCUT2D eigenvalue weighted by Gasteiger charge is 2.22. The summed E-state index contributed by atoms with van der Waals surface area (Å²) < 4.78 is 37.2. The van der Waals surface area contributed by atoms with Gasteiger partial charge in [-0.05, 0) is 0 Å². The van der Waals surface area contributed by atoms with Gasteiger partial charge in [0, 0.05) is 0 Å². The van der Waals surface area contributed by atoms with Crippen molar-refractivity contribution >= 4 is 28.0 Å². The molecule has 1 aliphatic heterocycles. The van der Waals surface area contributed by atoms with Crippen LogP contribution in [0.1, 0.15) is 6.42 Å². The first-order valence-electron chi connectivity index (χ1n) is 5.54. The monoisotopic (exact) mass is 328 g/mol. The molecule has 0 aromatic rings. The maximum Gasteiger partial charge on any atom is 0.323 e. The highest BCUT2D eigenvalue weighted by Crippen LogP contribution is 1.98. The summed E-state index contributed by atoms with van der Waals surface area (Å²) in [5.41, 5.74) is 10.0. The molecule has 6 N–H and O–H groups in total. The number of esters is 2. The fraction of sp³-hybridized carbons (Fsp3) is 0.667. The van der Waals surface area contributed by atoms with Gasteiger partial charge in [-0.15, -0.1) is 0 Å². The van der Waals surface area contributed by atoms with E-state index in [0.717, 1.165) is 0 Å². The Labute approximate surface area is 119 Å². The van der Waals surface area contributed by atoms with Crippen LogP contribution in [0.3, 0.4) is 0 Å². The number of cyclic esters (lactones) is 2. The Hall–Kier alpha value is -1.76. The molecule has 0 unspecified atom stereocenters. The van der Waals surface area contributed by atoms with Gasteiger partial charge in [0.05, 0.1) is 6.42 Å². The molecule has 2 atom stereocenters. The molecule has 0 amide bonds. The van der Waals surface area contributed by atoms with E-state index in [1.54, 1.807) is 0 Å². The van der Waals surface area contributed by atoms with Gasteiger partial charge in [-0.25, -0.2) is 0 Å². The van der Waals surface area contributed by atoms with Gasteiger partial charge in [-0.3, -0.25) is 18.9 Å². The number of ether oxygens (including phenoxy) is 2. The molecule has 1 fully saturated rings. The molecule has 0 aliphatic carbocycles. The van der Waals surface area contributed by atoms with Crippen LogP contribution in [0.5, 0.6) is 0 Å². The zero-order chi connectivity index (χ0) is 16.6. The summed E-state index contributed by atoms with van der Waals surface area (Å²) in [4.78, 5) is 31.3. The maximum absolute atomic E-state index is 10.8. The lowest BCUT2D eigenvalue weighted by atomic mass is 10.2. The van der Waals surface area contributed by atoms with Crippen molar-refractivity contribution in [3.05, 3.63) is 0 Å². The molecule has 1 aliphatic rings. The summed E-state index contributed by atoms with van der Waals surface area (Å²) in [5.74, 6) is -3.41. The van der Waals surface area contributed by atoms with Crippen molar-refractivity contribution < 1.29 is 41.9 Å². The minimum atomic E-state index is -4.27. The number of hydrogen-bond donors (Lipinski definition) is 4. The molecule has 122 valence electrons. The Morgan fingerprint density at radius 1 is 1.33 bits per heavy atom. The molecule has 11 nitrogen and oxygen atoms in total. The van der Waals surface area contributed by atoms with Crippen molar-refractivity contribution in [2.45, 2.75) is 18.5 Å². The van der Waals surface area contributed by atoms with Gasteiger partial charge in [-0.1, -0.05) is 0 Å². The molecule has 1 saturated heterocycles. The first-order valence-corrected chi connectivity index (χ1v) is 7.15. The first-order chi connectivity index (χ1) is 9.53. The van der Waals surface area contributed by atoms with Gasteiger partial charge in [0.15, 0.2) is 0 Å². The maximum atomic E-state index is 10.8. The number of carbonyl (C=O) groups excluding carboxylic acids is 2. The van der Waals surface area contributed by atoms with Crippen LogP contribution in [0.25, 0.3) is 0 Å². The van der Waals surface area contributed by atoms with Crippen molar-refractivity contribution in [3.8, 4) is 0 Å². The van der Waals surface area contributed by atoms with E-state index < -0.39 is 45.9 Å². The molecular weight excluding hydrogens is 312 g/mol. The van der Waals surface area contributed by atoms with Crippen LogP contribution in [-0.4, -0.2) is 67.0 Å². The smallest absolute Gasteiger partial charge is 0.323 e. The van der Waals surface area contributed by atoms with Gasteiger partial charge < -0.3 is 26.0 Å². The fourth-order valence-electron chi connectivity index (χ4n) is 1.02. The molecule has 21 heavy (non-hydrogen) atoms. The van der Waals surface area contributed by atoms with E-state index in [9.17, 15) is 22.8 Å². The summed E-state index contributed by atoms with van der Waals surface area (Å²) >= 11 is 0. The lowest BCUT2D eigenvalue weighted by Gasteiger charge is -2.14. The lowest BCUT2D eigenvalue weighted by Crippen LogP contribution is -2.37. The summed E-state index contributed by atoms with van der Waals surface area (Å²) in [6.45, 7) is 0.218. The number of nitrogens with two attached hydrogens (primary N) is 2. The third kappa shape index (κ3) is 9.73.